The minimum absolute atomic E-state index is 0.887. The molecule has 0 atom stereocenters. The summed E-state index contributed by atoms with van der Waals surface area (Å²) in [6.45, 7) is 3.92. The van der Waals surface area contributed by atoms with Crippen LogP contribution in [0.2, 0.25) is 0 Å². The zero-order valence-electron chi connectivity index (χ0n) is 6.79. The van der Waals surface area contributed by atoms with E-state index in [1.165, 1.54) is 0 Å². The molecule has 0 radical (unpaired) electrons. The van der Waals surface area contributed by atoms with E-state index in [1.807, 2.05) is 44.2 Å². The molecule has 0 aliphatic carbocycles. The quantitative estimate of drug-likeness (QED) is 0.430. The molecular formula is C9H14O. The van der Waals surface area contributed by atoms with Gasteiger partial charge in [-0.3, -0.25) is 0 Å². The maximum absolute atomic E-state index is 4.99. The molecule has 0 N–H and O–H groups in total. The minimum Gasteiger partial charge on any atom is -0.497 e. The molecule has 0 fully saturated rings. The lowest BCUT2D eigenvalue weighted by atomic mass is 10.4. The smallest absolute Gasteiger partial charge is 0.114 e. The molecule has 0 aromatic heterocycles. The van der Waals surface area contributed by atoms with Crippen LogP contribution >= 0.6 is 0 Å². The van der Waals surface area contributed by atoms with Gasteiger partial charge in [0.25, 0.3) is 0 Å². The highest BCUT2D eigenvalue weighted by molar-refractivity contribution is 5.15. The van der Waals surface area contributed by atoms with Gasteiger partial charge in [-0.05, 0) is 26.0 Å². The van der Waals surface area contributed by atoms with Crippen molar-refractivity contribution in [2.45, 2.75) is 13.8 Å². The average Bonchev–Trinajstić information content (AvgIpc) is 1.99. The number of rotatable bonds is 3. The molecule has 0 saturated carbocycles. The van der Waals surface area contributed by atoms with Crippen LogP contribution in [0.1, 0.15) is 13.8 Å². The molecule has 56 valence electrons. The van der Waals surface area contributed by atoms with E-state index in [2.05, 4.69) is 0 Å². The SMILES string of the molecule is C/C=C(/C=C\C=C\C)OC. The van der Waals surface area contributed by atoms with Crippen molar-refractivity contribution >= 4 is 0 Å². The predicted molar refractivity (Wildman–Crippen MR) is 44.7 cm³/mol. The van der Waals surface area contributed by atoms with Crippen LogP contribution in [0.4, 0.5) is 0 Å². The van der Waals surface area contributed by atoms with Crippen LogP contribution in [0.5, 0.6) is 0 Å². The molecule has 0 aromatic rings. The Morgan fingerprint density at radius 1 is 1.20 bits per heavy atom. The molecule has 10 heavy (non-hydrogen) atoms. The monoisotopic (exact) mass is 138 g/mol. The molecule has 0 bridgehead atoms. The summed E-state index contributed by atoms with van der Waals surface area (Å²) in [5, 5.41) is 0. The molecule has 0 rings (SSSR count). The lowest BCUT2D eigenvalue weighted by Crippen LogP contribution is -1.78. The van der Waals surface area contributed by atoms with Gasteiger partial charge in [0.2, 0.25) is 0 Å². The van der Waals surface area contributed by atoms with E-state index < -0.39 is 0 Å². The van der Waals surface area contributed by atoms with Crippen LogP contribution in [-0.4, -0.2) is 7.11 Å². The molecule has 0 unspecified atom stereocenters. The molecule has 0 aliphatic heterocycles. The highest BCUT2D eigenvalue weighted by Crippen LogP contribution is 1.96. The van der Waals surface area contributed by atoms with Crippen molar-refractivity contribution in [2.75, 3.05) is 7.11 Å². The number of hydrogen-bond donors (Lipinski definition) is 0. The molecule has 1 nitrogen and oxygen atoms in total. The van der Waals surface area contributed by atoms with Gasteiger partial charge in [-0.25, -0.2) is 0 Å². The fourth-order valence-corrected chi connectivity index (χ4v) is 0.544. The lowest BCUT2D eigenvalue weighted by molar-refractivity contribution is 0.306. The number of ether oxygens (including phenoxy) is 1. The van der Waals surface area contributed by atoms with Gasteiger partial charge in [-0.2, -0.15) is 0 Å². The maximum atomic E-state index is 4.99. The van der Waals surface area contributed by atoms with Crippen LogP contribution < -0.4 is 0 Å². The summed E-state index contributed by atoms with van der Waals surface area (Å²) in [5.74, 6) is 0.887. The number of hydrogen-bond acceptors (Lipinski definition) is 1. The van der Waals surface area contributed by atoms with Gasteiger partial charge < -0.3 is 4.74 Å². The Hall–Kier alpha value is -0.980. The van der Waals surface area contributed by atoms with Gasteiger partial charge in [0.1, 0.15) is 5.76 Å². The molecule has 0 heterocycles. The van der Waals surface area contributed by atoms with Crippen LogP contribution in [0.3, 0.4) is 0 Å². The standard InChI is InChI=1S/C9H14O/c1-4-6-7-8-9(5-2)10-3/h4-8H,1-3H3/b6-4+,8-7-,9-5-. The van der Waals surface area contributed by atoms with Crippen molar-refractivity contribution in [3.05, 3.63) is 36.1 Å². The van der Waals surface area contributed by atoms with E-state index in [9.17, 15) is 0 Å². The molecule has 0 spiro atoms. The summed E-state index contributed by atoms with van der Waals surface area (Å²) >= 11 is 0. The molecule has 0 aliphatic rings. The second kappa shape index (κ2) is 6.14. The molecule has 0 saturated heterocycles. The first-order chi connectivity index (χ1) is 4.85. The van der Waals surface area contributed by atoms with E-state index in [0.29, 0.717) is 0 Å². The highest BCUT2D eigenvalue weighted by Gasteiger charge is 1.80. The van der Waals surface area contributed by atoms with Gasteiger partial charge in [-0.15, -0.1) is 0 Å². The third kappa shape index (κ3) is 3.96. The Labute approximate surface area is 62.7 Å². The normalized spacial score (nSPS) is 13.3. The van der Waals surface area contributed by atoms with E-state index in [-0.39, 0.29) is 0 Å². The summed E-state index contributed by atoms with van der Waals surface area (Å²) in [6, 6.07) is 0. The van der Waals surface area contributed by atoms with Crippen molar-refractivity contribution in [1.29, 1.82) is 0 Å². The van der Waals surface area contributed by atoms with Crippen molar-refractivity contribution in [2.24, 2.45) is 0 Å². The average molecular weight is 138 g/mol. The second-order valence-corrected chi connectivity index (χ2v) is 1.78. The number of allylic oxidation sites excluding steroid dienone is 5. The summed E-state index contributed by atoms with van der Waals surface area (Å²) in [4.78, 5) is 0. The van der Waals surface area contributed by atoms with E-state index in [1.54, 1.807) is 7.11 Å². The lowest BCUT2D eigenvalue weighted by Gasteiger charge is -1.95. The third-order valence-corrected chi connectivity index (χ3v) is 1.08. The van der Waals surface area contributed by atoms with E-state index in [0.717, 1.165) is 5.76 Å². The van der Waals surface area contributed by atoms with Crippen LogP contribution in [0.15, 0.2) is 36.1 Å². The van der Waals surface area contributed by atoms with Gasteiger partial charge >= 0.3 is 0 Å². The first-order valence-corrected chi connectivity index (χ1v) is 3.34. The van der Waals surface area contributed by atoms with E-state index in [4.69, 9.17) is 4.74 Å². The predicted octanol–water partition coefficient (Wildman–Crippen LogP) is 2.67. The molecule has 0 amide bonds. The highest BCUT2D eigenvalue weighted by atomic mass is 16.5. The topological polar surface area (TPSA) is 9.23 Å². The van der Waals surface area contributed by atoms with E-state index >= 15 is 0 Å². The fourth-order valence-electron chi connectivity index (χ4n) is 0.544. The second-order valence-electron chi connectivity index (χ2n) is 1.78. The number of methoxy groups -OCH3 is 1. The van der Waals surface area contributed by atoms with Crippen LogP contribution in [0, 0.1) is 0 Å². The van der Waals surface area contributed by atoms with Gasteiger partial charge in [-0.1, -0.05) is 18.2 Å². The molecular weight excluding hydrogens is 124 g/mol. The Bertz CT molecular complexity index is 152. The van der Waals surface area contributed by atoms with Crippen LogP contribution in [0.25, 0.3) is 0 Å². The Balaban J connectivity index is 3.85. The van der Waals surface area contributed by atoms with Crippen molar-refractivity contribution in [3.63, 3.8) is 0 Å². The van der Waals surface area contributed by atoms with Gasteiger partial charge in [0, 0.05) is 0 Å². The molecule has 1 heteroatoms. The third-order valence-electron chi connectivity index (χ3n) is 1.08. The Kier molecular flexibility index (Phi) is 5.54. The summed E-state index contributed by atoms with van der Waals surface area (Å²) in [6.07, 6.45) is 9.71. The largest absolute Gasteiger partial charge is 0.497 e. The maximum Gasteiger partial charge on any atom is 0.114 e. The molecule has 0 aromatic carbocycles. The Morgan fingerprint density at radius 2 is 1.90 bits per heavy atom. The zero-order chi connectivity index (χ0) is 7.82. The summed E-state index contributed by atoms with van der Waals surface area (Å²) in [7, 11) is 1.66. The summed E-state index contributed by atoms with van der Waals surface area (Å²) < 4.78 is 4.99. The van der Waals surface area contributed by atoms with Crippen LogP contribution in [-0.2, 0) is 4.74 Å². The Morgan fingerprint density at radius 3 is 2.30 bits per heavy atom. The van der Waals surface area contributed by atoms with Gasteiger partial charge in [0.15, 0.2) is 0 Å². The minimum atomic E-state index is 0.887. The fraction of sp³-hybridized carbons (Fsp3) is 0.333. The van der Waals surface area contributed by atoms with Crippen molar-refractivity contribution in [1.82, 2.24) is 0 Å². The first-order valence-electron chi connectivity index (χ1n) is 3.34. The van der Waals surface area contributed by atoms with Crippen molar-refractivity contribution < 1.29 is 4.74 Å². The van der Waals surface area contributed by atoms with Gasteiger partial charge in [0.05, 0.1) is 7.11 Å². The zero-order valence-corrected chi connectivity index (χ0v) is 6.79. The van der Waals surface area contributed by atoms with Crippen molar-refractivity contribution in [3.8, 4) is 0 Å². The summed E-state index contributed by atoms with van der Waals surface area (Å²) in [5.41, 5.74) is 0. The first kappa shape index (κ1) is 9.02.